The number of halogens is 2. The van der Waals surface area contributed by atoms with Gasteiger partial charge in [-0.25, -0.2) is 0 Å². The fraction of sp³-hybridized carbons (Fsp3) is 0.533. The van der Waals surface area contributed by atoms with Crippen molar-refractivity contribution in [2.45, 2.75) is 26.4 Å². The highest BCUT2D eigenvalue weighted by molar-refractivity contribution is 5.81. The summed E-state index contributed by atoms with van der Waals surface area (Å²) < 4.78 is 33.8. The molecule has 2 atom stereocenters. The fourth-order valence-electron chi connectivity index (χ4n) is 2.21. The average molecular weight is 299 g/mol. The maximum atomic E-state index is 12.2. The number of carbonyl (C=O) groups is 1. The lowest BCUT2D eigenvalue weighted by molar-refractivity contribution is -0.122. The molecule has 0 spiro atoms. The minimum Gasteiger partial charge on any atom is -0.493 e. The zero-order valence-corrected chi connectivity index (χ0v) is 12.1. The zero-order chi connectivity index (χ0) is 15.4. The van der Waals surface area contributed by atoms with Crippen molar-refractivity contribution >= 4 is 5.91 Å². The minimum atomic E-state index is -2.88. The van der Waals surface area contributed by atoms with E-state index in [9.17, 15) is 13.6 Å². The molecule has 1 fully saturated rings. The molecular formula is C15H19F2NO3. The third-order valence-electron chi connectivity index (χ3n) is 3.60. The Morgan fingerprint density at radius 2 is 2.14 bits per heavy atom. The molecule has 21 heavy (non-hydrogen) atoms. The molecule has 116 valence electrons. The van der Waals surface area contributed by atoms with Gasteiger partial charge in [-0.1, -0.05) is 13.0 Å². The van der Waals surface area contributed by atoms with E-state index in [1.807, 2.05) is 0 Å². The third kappa shape index (κ3) is 4.31. The predicted octanol–water partition coefficient (Wildman–Crippen LogP) is 2.61. The van der Waals surface area contributed by atoms with Gasteiger partial charge in [0.1, 0.15) is 0 Å². The molecule has 0 bridgehead atoms. The van der Waals surface area contributed by atoms with Crippen LogP contribution in [0.1, 0.15) is 18.9 Å². The number of ether oxygens (including phenoxy) is 2. The molecular weight excluding hydrogens is 280 g/mol. The Bertz CT molecular complexity index is 508. The van der Waals surface area contributed by atoms with Crippen molar-refractivity contribution in [1.29, 1.82) is 0 Å². The number of nitrogens with one attached hydrogen (secondary N) is 1. The van der Waals surface area contributed by atoms with Crippen molar-refractivity contribution in [3.05, 3.63) is 23.8 Å². The summed E-state index contributed by atoms with van der Waals surface area (Å²) in [6.07, 6.45) is 1.57. The molecule has 6 heteroatoms. The van der Waals surface area contributed by atoms with Gasteiger partial charge in [0, 0.05) is 12.5 Å². The van der Waals surface area contributed by atoms with E-state index in [4.69, 9.17) is 4.74 Å². The topological polar surface area (TPSA) is 47.6 Å². The zero-order valence-electron chi connectivity index (χ0n) is 12.1. The van der Waals surface area contributed by atoms with Crippen LogP contribution in [-0.2, 0) is 11.2 Å². The lowest BCUT2D eigenvalue weighted by atomic mass is 10.1. The van der Waals surface area contributed by atoms with Crippen LogP contribution >= 0.6 is 0 Å². The molecule has 1 saturated carbocycles. The summed E-state index contributed by atoms with van der Waals surface area (Å²) in [6, 6.07) is 4.78. The Balaban J connectivity index is 1.87. The molecule has 1 aliphatic carbocycles. The second-order valence-corrected chi connectivity index (χ2v) is 5.22. The first-order valence-corrected chi connectivity index (χ1v) is 6.90. The molecule has 0 unspecified atom stereocenters. The number of carbonyl (C=O) groups excluding carboxylic acids is 1. The number of alkyl halides is 2. The first-order valence-electron chi connectivity index (χ1n) is 6.90. The van der Waals surface area contributed by atoms with Crippen molar-refractivity contribution in [3.8, 4) is 11.5 Å². The van der Waals surface area contributed by atoms with Crippen LogP contribution in [0.5, 0.6) is 11.5 Å². The molecule has 0 radical (unpaired) electrons. The largest absolute Gasteiger partial charge is 0.493 e. The first-order chi connectivity index (χ1) is 10.0. The van der Waals surface area contributed by atoms with Crippen molar-refractivity contribution in [1.82, 2.24) is 5.32 Å². The second-order valence-electron chi connectivity index (χ2n) is 5.22. The Morgan fingerprint density at radius 1 is 1.43 bits per heavy atom. The summed E-state index contributed by atoms with van der Waals surface area (Å²) in [6.45, 7) is -0.318. The van der Waals surface area contributed by atoms with Gasteiger partial charge < -0.3 is 14.8 Å². The lowest BCUT2D eigenvalue weighted by Crippen LogP contribution is -2.27. The monoisotopic (exact) mass is 299 g/mol. The van der Waals surface area contributed by atoms with Gasteiger partial charge in [-0.3, -0.25) is 4.79 Å². The molecule has 1 aromatic rings. The molecule has 0 aliphatic heterocycles. The standard InChI is InChI=1S/C15H19F2NO3/c1-9-7-11(9)14(19)18-6-5-10-3-4-12(21-15(16)17)13(8-10)20-2/h3-4,8-9,11,15H,5-7H2,1-2H3,(H,18,19)/t9-,11+/m1/s1. The summed E-state index contributed by atoms with van der Waals surface area (Å²) in [4.78, 5) is 11.7. The van der Waals surface area contributed by atoms with Gasteiger partial charge in [-0.2, -0.15) is 8.78 Å². The van der Waals surface area contributed by atoms with Crippen molar-refractivity contribution in [3.63, 3.8) is 0 Å². The maximum absolute atomic E-state index is 12.2. The van der Waals surface area contributed by atoms with Crippen LogP contribution in [0.4, 0.5) is 8.78 Å². The minimum absolute atomic E-state index is 0.00657. The van der Waals surface area contributed by atoms with E-state index in [0.29, 0.717) is 18.9 Å². The first kappa shape index (κ1) is 15.5. The Labute approximate surface area is 122 Å². The van der Waals surface area contributed by atoms with E-state index in [-0.39, 0.29) is 23.3 Å². The van der Waals surface area contributed by atoms with Crippen LogP contribution in [0, 0.1) is 11.8 Å². The molecule has 2 rings (SSSR count). The van der Waals surface area contributed by atoms with Crippen molar-refractivity contribution in [2.24, 2.45) is 11.8 Å². The van der Waals surface area contributed by atoms with Crippen molar-refractivity contribution < 1.29 is 23.0 Å². The molecule has 1 amide bonds. The average Bonchev–Trinajstić information content (AvgIpc) is 3.16. The highest BCUT2D eigenvalue weighted by Gasteiger charge is 2.38. The third-order valence-corrected chi connectivity index (χ3v) is 3.60. The number of benzene rings is 1. The van der Waals surface area contributed by atoms with Crippen LogP contribution < -0.4 is 14.8 Å². The van der Waals surface area contributed by atoms with Gasteiger partial charge >= 0.3 is 6.61 Å². The van der Waals surface area contributed by atoms with E-state index in [1.165, 1.54) is 13.2 Å². The quantitative estimate of drug-likeness (QED) is 0.842. The van der Waals surface area contributed by atoms with E-state index in [2.05, 4.69) is 17.0 Å². The van der Waals surface area contributed by atoms with Gasteiger partial charge in [0.15, 0.2) is 11.5 Å². The number of methoxy groups -OCH3 is 1. The molecule has 4 nitrogen and oxygen atoms in total. The normalized spacial score (nSPS) is 20.2. The Hall–Kier alpha value is -1.85. The van der Waals surface area contributed by atoms with Crippen LogP contribution in [-0.4, -0.2) is 26.2 Å². The van der Waals surface area contributed by atoms with E-state index < -0.39 is 6.61 Å². The summed E-state index contributed by atoms with van der Waals surface area (Å²) in [5.41, 5.74) is 0.887. The van der Waals surface area contributed by atoms with Gasteiger partial charge in [-0.05, 0) is 36.5 Å². The second kappa shape index (κ2) is 6.74. The Kier molecular flexibility index (Phi) is 4.98. The molecule has 1 N–H and O–H groups in total. The highest BCUT2D eigenvalue weighted by atomic mass is 19.3. The molecule has 1 aromatic carbocycles. The maximum Gasteiger partial charge on any atom is 0.387 e. The summed E-state index contributed by atoms with van der Waals surface area (Å²) in [7, 11) is 1.40. The van der Waals surface area contributed by atoms with Gasteiger partial charge in [0.05, 0.1) is 7.11 Å². The molecule has 0 heterocycles. The van der Waals surface area contributed by atoms with Gasteiger partial charge in [0.2, 0.25) is 5.91 Å². The van der Waals surface area contributed by atoms with Gasteiger partial charge in [-0.15, -0.1) is 0 Å². The SMILES string of the molecule is COc1cc(CCNC(=O)[C@H]2C[C@H]2C)ccc1OC(F)F. The molecule has 0 saturated heterocycles. The summed E-state index contributed by atoms with van der Waals surface area (Å²) in [5, 5.41) is 2.88. The summed E-state index contributed by atoms with van der Waals surface area (Å²) in [5.74, 6) is 0.992. The highest BCUT2D eigenvalue weighted by Crippen LogP contribution is 2.37. The number of rotatable bonds is 7. The van der Waals surface area contributed by atoms with Gasteiger partial charge in [0.25, 0.3) is 0 Å². The van der Waals surface area contributed by atoms with Crippen LogP contribution in [0.25, 0.3) is 0 Å². The Morgan fingerprint density at radius 3 is 2.71 bits per heavy atom. The number of amides is 1. The molecule has 1 aliphatic rings. The van der Waals surface area contributed by atoms with E-state index in [1.54, 1.807) is 12.1 Å². The fourth-order valence-corrected chi connectivity index (χ4v) is 2.21. The van der Waals surface area contributed by atoms with Crippen LogP contribution in [0.3, 0.4) is 0 Å². The molecule has 0 aromatic heterocycles. The lowest BCUT2D eigenvalue weighted by Gasteiger charge is -2.11. The van der Waals surface area contributed by atoms with Crippen molar-refractivity contribution in [2.75, 3.05) is 13.7 Å². The summed E-state index contributed by atoms with van der Waals surface area (Å²) >= 11 is 0. The van der Waals surface area contributed by atoms with E-state index >= 15 is 0 Å². The van der Waals surface area contributed by atoms with Crippen LogP contribution in [0.15, 0.2) is 18.2 Å². The number of hydrogen-bond donors (Lipinski definition) is 1. The van der Waals surface area contributed by atoms with E-state index in [0.717, 1.165) is 12.0 Å². The smallest absolute Gasteiger partial charge is 0.387 e. The number of hydrogen-bond acceptors (Lipinski definition) is 3. The van der Waals surface area contributed by atoms with Crippen LogP contribution in [0.2, 0.25) is 0 Å². The predicted molar refractivity (Wildman–Crippen MR) is 73.6 cm³/mol.